The Kier molecular flexibility index (Phi) is 3.90. The first-order valence-electron chi connectivity index (χ1n) is 6.01. The van der Waals surface area contributed by atoms with Crippen LogP contribution in [0.2, 0.25) is 5.02 Å². The molecular formula is C12H16ClN5O. The van der Waals surface area contributed by atoms with Crippen LogP contribution < -0.4 is 10.5 Å². The molecule has 2 N–H and O–H groups in total. The third-order valence-electron chi connectivity index (χ3n) is 2.67. The number of aromatic nitrogens is 4. The van der Waals surface area contributed by atoms with E-state index in [0.717, 1.165) is 17.8 Å². The molecule has 2 aromatic heterocycles. The van der Waals surface area contributed by atoms with Crippen LogP contribution >= 0.6 is 11.6 Å². The number of halogens is 1. The van der Waals surface area contributed by atoms with Crippen molar-refractivity contribution in [1.29, 1.82) is 0 Å². The van der Waals surface area contributed by atoms with E-state index in [1.54, 1.807) is 4.68 Å². The number of nitrogens with zero attached hydrogens (tertiary/aromatic N) is 4. The third kappa shape index (κ3) is 2.49. The van der Waals surface area contributed by atoms with Crippen LogP contribution in [-0.4, -0.2) is 26.4 Å². The monoisotopic (exact) mass is 281 g/mol. The molecule has 2 rings (SSSR count). The minimum Gasteiger partial charge on any atom is -0.476 e. The molecule has 0 unspecified atom stereocenters. The van der Waals surface area contributed by atoms with Gasteiger partial charge in [0.05, 0.1) is 23.0 Å². The Morgan fingerprint density at radius 1 is 1.37 bits per heavy atom. The van der Waals surface area contributed by atoms with Crippen molar-refractivity contribution in [3.8, 4) is 11.7 Å². The van der Waals surface area contributed by atoms with Crippen LogP contribution in [0.4, 0.5) is 5.69 Å². The fraction of sp³-hybridized carbons (Fsp3) is 0.417. The number of nitrogens with two attached hydrogens (primary N) is 1. The zero-order valence-electron chi connectivity index (χ0n) is 11.1. The Morgan fingerprint density at radius 2 is 2.11 bits per heavy atom. The molecule has 19 heavy (non-hydrogen) atoms. The molecule has 0 aliphatic heterocycles. The van der Waals surface area contributed by atoms with Crippen LogP contribution in [0, 0.1) is 13.8 Å². The largest absolute Gasteiger partial charge is 0.476 e. The average molecular weight is 282 g/mol. The van der Waals surface area contributed by atoms with Crippen molar-refractivity contribution < 1.29 is 4.74 Å². The number of nitrogen functional groups attached to an aromatic ring is 1. The zero-order valence-corrected chi connectivity index (χ0v) is 11.9. The van der Waals surface area contributed by atoms with E-state index < -0.39 is 0 Å². The first-order valence-corrected chi connectivity index (χ1v) is 6.39. The van der Waals surface area contributed by atoms with Gasteiger partial charge in [0.25, 0.3) is 0 Å². The number of rotatable bonds is 4. The number of anilines is 1. The van der Waals surface area contributed by atoms with E-state index in [-0.39, 0.29) is 0 Å². The van der Waals surface area contributed by atoms with Gasteiger partial charge in [-0.25, -0.2) is 9.67 Å². The Morgan fingerprint density at radius 3 is 2.68 bits per heavy atom. The molecule has 0 atom stereocenters. The molecule has 0 radical (unpaired) electrons. The van der Waals surface area contributed by atoms with Gasteiger partial charge in [0, 0.05) is 0 Å². The zero-order chi connectivity index (χ0) is 14.0. The lowest BCUT2D eigenvalue weighted by molar-refractivity contribution is 0.306. The van der Waals surface area contributed by atoms with Gasteiger partial charge >= 0.3 is 0 Å². The molecule has 0 amide bonds. The van der Waals surface area contributed by atoms with Crippen molar-refractivity contribution in [1.82, 2.24) is 19.7 Å². The first-order chi connectivity index (χ1) is 9.06. The predicted octanol–water partition coefficient (Wildman–Crippen LogP) is 2.30. The summed E-state index contributed by atoms with van der Waals surface area (Å²) in [5.41, 5.74) is 7.90. The van der Waals surface area contributed by atoms with Gasteiger partial charge in [0.15, 0.2) is 5.82 Å². The van der Waals surface area contributed by atoms with Gasteiger partial charge in [0.1, 0.15) is 12.0 Å². The molecule has 6 nitrogen and oxygen atoms in total. The van der Waals surface area contributed by atoms with Crippen LogP contribution in [0.25, 0.3) is 5.82 Å². The van der Waals surface area contributed by atoms with Crippen molar-refractivity contribution >= 4 is 17.3 Å². The summed E-state index contributed by atoms with van der Waals surface area (Å²) in [4.78, 5) is 8.19. The minimum absolute atomic E-state index is 0.359. The molecule has 0 fully saturated rings. The molecule has 0 aromatic carbocycles. The first kappa shape index (κ1) is 13.6. The van der Waals surface area contributed by atoms with Crippen LogP contribution in [-0.2, 0) is 0 Å². The second kappa shape index (κ2) is 5.44. The molecule has 102 valence electrons. The highest BCUT2D eigenvalue weighted by Crippen LogP contribution is 2.27. The number of hydrogen-bond acceptors (Lipinski definition) is 5. The van der Waals surface area contributed by atoms with Crippen molar-refractivity contribution in [2.75, 3.05) is 12.3 Å². The molecule has 0 saturated carbocycles. The van der Waals surface area contributed by atoms with Gasteiger partial charge in [0.2, 0.25) is 5.88 Å². The smallest absolute Gasteiger partial charge is 0.242 e. The molecule has 0 bridgehead atoms. The summed E-state index contributed by atoms with van der Waals surface area (Å²) in [5.74, 6) is 0.851. The maximum Gasteiger partial charge on any atom is 0.242 e. The Balaban J connectivity index is 2.47. The highest BCUT2D eigenvalue weighted by molar-refractivity contribution is 6.31. The molecule has 0 saturated heterocycles. The summed E-state index contributed by atoms with van der Waals surface area (Å²) in [6, 6.07) is 0. The second-order valence-corrected chi connectivity index (χ2v) is 4.54. The van der Waals surface area contributed by atoms with Gasteiger partial charge < -0.3 is 10.5 Å². The number of aryl methyl sites for hydroxylation is 1. The second-order valence-electron chi connectivity index (χ2n) is 4.16. The lowest BCUT2D eigenvalue weighted by atomic mass is 10.4. The average Bonchev–Trinajstić information content (AvgIpc) is 2.65. The summed E-state index contributed by atoms with van der Waals surface area (Å²) < 4.78 is 7.08. The van der Waals surface area contributed by atoms with Gasteiger partial charge in [-0.1, -0.05) is 18.5 Å². The maximum atomic E-state index is 6.13. The van der Waals surface area contributed by atoms with E-state index in [4.69, 9.17) is 22.1 Å². The SMILES string of the molecule is CCCOc1ncnc(-n2nc(C)c(Cl)c2C)c1N. The van der Waals surface area contributed by atoms with Crippen LogP contribution in [0.1, 0.15) is 24.7 Å². The molecule has 0 spiro atoms. The summed E-state index contributed by atoms with van der Waals surface area (Å²) in [5, 5.41) is 4.93. The maximum absolute atomic E-state index is 6.13. The predicted molar refractivity (Wildman–Crippen MR) is 73.8 cm³/mol. The van der Waals surface area contributed by atoms with E-state index in [9.17, 15) is 0 Å². The quantitative estimate of drug-likeness (QED) is 0.930. The molecule has 7 heteroatoms. The van der Waals surface area contributed by atoms with Gasteiger partial charge in [-0.15, -0.1) is 0 Å². The summed E-state index contributed by atoms with van der Waals surface area (Å²) in [6.45, 7) is 6.26. The molecule has 2 heterocycles. The molecular weight excluding hydrogens is 266 g/mol. The van der Waals surface area contributed by atoms with E-state index in [2.05, 4.69) is 15.1 Å². The van der Waals surface area contributed by atoms with Crippen molar-refractivity contribution in [2.45, 2.75) is 27.2 Å². The third-order valence-corrected chi connectivity index (χ3v) is 3.22. The van der Waals surface area contributed by atoms with Crippen molar-refractivity contribution in [3.63, 3.8) is 0 Å². The van der Waals surface area contributed by atoms with Crippen LogP contribution in [0.15, 0.2) is 6.33 Å². The highest BCUT2D eigenvalue weighted by atomic mass is 35.5. The van der Waals surface area contributed by atoms with Gasteiger partial charge in [-0.05, 0) is 20.3 Å². The topological polar surface area (TPSA) is 78.9 Å². The van der Waals surface area contributed by atoms with Gasteiger partial charge in [-0.3, -0.25) is 0 Å². The van der Waals surface area contributed by atoms with Gasteiger partial charge in [-0.2, -0.15) is 10.1 Å². The van der Waals surface area contributed by atoms with E-state index in [0.29, 0.717) is 29.0 Å². The fourth-order valence-electron chi connectivity index (χ4n) is 1.68. The Bertz CT molecular complexity index is 596. The van der Waals surface area contributed by atoms with Crippen molar-refractivity contribution in [2.24, 2.45) is 0 Å². The van der Waals surface area contributed by atoms with Crippen LogP contribution in [0.5, 0.6) is 5.88 Å². The molecule has 2 aromatic rings. The van der Waals surface area contributed by atoms with E-state index in [1.165, 1.54) is 6.33 Å². The minimum atomic E-state index is 0.359. The van der Waals surface area contributed by atoms with Crippen molar-refractivity contribution in [3.05, 3.63) is 22.7 Å². The Hall–Kier alpha value is -1.82. The summed E-state index contributed by atoms with van der Waals surface area (Å²) >= 11 is 6.13. The lowest BCUT2D eigenvalue weighted by Gasteiger charge is -2.10. The summed E-state index contributed by atoms with van der Waals surface area (Å²) in [7, 11) is 0. The highest BCUT2D eigenvalue weighted by Gasteiger charge is 2.16. The van der Waals surface area contributed by atoms with Crippen LogP contribution in [0.3, 0.4) is 0 Å². The van der Waals surface area contributed by atoms with E-state index >= 15 is 0 Å². The summed E-state index contributed by atoms with van der Waals surface area (Å²) in [6.07, 6.45) is 2.28. The lowest BCUT2D eigenvalue weighted by Crippen LogP contribution is -2.10. The number of ether oxygens (including phenoxy) is 1. The standard InChI is InChI=1S/C12H16ClN5O/c1-4-5-19-12-10(14)11(15-6-16-12)18-8(3)9(13)7(2)17-18/h6H,4-5,14H2,1-3H3. The molecule has 0 aliphatic rings. The number of hydrogen-bond donors (Lipinski definition) is 1. The fourth-order valence-corrected chi connectivity index (χ4v) is 1.80. The molecule has 0 aliphatic carbocycles. The normalized spacial score (nSPS) is 10.7. The Labute approximate surface area is 116 Å². The van der Waals surface area contributed by atoms with E-state index in [1.807, 2.05) is 20.8 Å².